The van der Waals surface area contributed by atoms with Gasteiger partial charge in [0.2, 0.25) is 0 Å². The van der Waals surface area contributed by atoms with Gasteiger partial charge in [0.1, 0.15) is 0 Å². The van der Waals surface area contributed by atoms with Crippen molar-refractivity contribution >= 4 is 0 Å². The predicted octanol–water partition coefficient (Wildman–Crippen LogP) is 3.21. The van der Waals surface area contributed by atoms with E-state index in [1.807, 2.05) is 12.5 Å². The Morgan fingerprint density at radius 1 is 1.44 bits per heavy atom. The molecule has 0 aliphatic heterocycles. The average Bonchev–Trinajstić information content (AvgIpc) is 2.74. The van der Waals surface area contributed by atoms with Crippen LogP contribution in [0.4, 0.5) is 0 Å². The van der Waals surface area contributed by atoms with Gasteiger partial charge in [-0.1, -0.05) is 33.6 Å². The lowest BCUT2D eigenvalue weighted by molar-refractivity contribution is 0.254. The zero-order chi connectivity index (χ0) is 13.0. The molecule has 0 aromatic carbocycles. The first-order valence-corrected chi connectivity index (χ1v) is 7.37. The molecule has 3 nitrogen and oxygen atoms in total. The number of rotatable bonds is 5. The molecule has 1 heterocycles. The highest BCUT2D eigenvalue weighted by molar-refractivity contribution is 4.98. The van der Waals surface area contributed by atoms with E-state index >= 15 is 0 Å². The van der Waals surface area contributed by atoms with Crippen molar-refractivity contribution in [2.24, 2.45) is 11.8 Å². The summed E-state index contributed by atoms with van der Waals surface area (Å²) in [6.07, 6.45) is 9.59. The molecule has 1 aromatic rings. The summed E-state index contributed by atoms with van der Waals surface area (Å²) in [4.78, 5) is 4.31. The van der Waals surface area contributed by atoms with Crippen LogP contribution in [0.5, 0.6) is 0 Å². The Bertz CT molecular complexity index is 356. The molecule has 0 radical (unpaired) electrons. The highest BCUT2D eigenvalue weighted by Crippen LogP contribution is 2.29. The molecule has 0 saturated heterocycles. The molecule has 1 saturated carbocycles. The summed E-state index contributed by atoms with van der Waals surface area (Å²) in [5.41, 5.74) is 1.32. The molecule has 0 spiro atoms. The highest BCUT2D eigenvalue weighted by atomic mass is 15.1. The van der Waals surface area contributed by atoms with Crippen LogP contribution < -0.4 is 5.32 Å². The van der Waals surface area contributed by atoms with Crippen LogP contribution in [-0.4, -0.2) is 15.6 Å². The number of hydrogen-bond acceptors (Lipinski definition) is 2. The Balaban J connectivity index is 1.90. The number of hydrogen-bond donors (Lipinski definition) is 1. The quantitative estimate of drug-likeness (QED) is 0.868. The van der Waals surface area contributed by atoms with E-state index in [0.29, 0.717) is 6.04 Å². The molecular formula is C15H27N3. The summed E-state index contributed by atoms with van der Waals surface area (Å²) >= 11 is 0. The molecular weight excluding hydrogens is 222 g/mol. The number of nitrogens with one attached hydrogen (secondary N) is 1. The maximum absolute atomic E-state index is 4.31. The summed E-state index contributed by atoms with van der Waals surface area (Å²) in [5.74, 6) is 1.75. The van der Waals surface area contributed by atoms with Crippen molar-refractivity contribution < 1.29 is 0 Å². The highest BCUT2D eigenvalue weighted by Gasteiger charge is 2.19. The molecule has 1 N–H and O–H groups in total. The van der Waals surface area contributed by atoms with Crippen molar-refractivity contribution in [2.45, 2.75) is 65.6 Å². The van der Waals surface area contributed by atoms with E-state index in [2.05, 4.69) is 35.6 Å². The van der Waals surface area contributed by atoms with E-state index in [9.17, 15) is 0 Å². The number of nitrogens with zero attached hydrogens (tertiary/aromatic N) is 2. The molecule has 0 amide bonds. The first-order valence-electron chi connectivity index (χ1n) is 7.37. The zero-order valence-electron chi connectivity index (χ0n) is 12.0. The normalized spacial score (nSPS) is 24.7. The molecule has 1 fully saturated rings. The Morgan fingerprint density at radius 2 is 2.28 bits per heavy atom. The Labute approximate surface area is 111 Å². The lowest BCUT2D eigenvalue weighted by Gasteiger charge is -2.27. The third-order valence-corrected chi connectivity index (χ3v) is 3.99. The molecule has 1 aliphatic rings. The van der Waals surface area contributed by atoms with Gasteiger partial charge >= 0.3 is 0 Å². The molecule has 3 heteroatoms. The molecule has 1 aliphatic carbocycles. The average molecular weight is 249 g/mol. The summed E-state index contributed by atoms with van der Waals surface area (Å²) in [5, 5.41) is 3.47. The first kappa shape index (κ1) is 13.6. The molecule has 102 valence electrons. The van der Waals surface area contributed by atoms with Crippen LogP contribution in [-0.2, 0) is 13.1 Å². The van der Waals surface area contributed by atoms with E-state index in [4.69, 9.17) is 0 Å². The third-order valence-electron chi connectivity index (χ3n) is 3.99. The lowest BCUT2D eigenvalue weighted by atomic mass is 9.82. The Kier molecular flexibility index (Phi) is 4.81. The topological polar surface area (TPSA) is 29.9 Å². The van der Waals surface area contributed by atoms with E-state index in [0.717, 1.165) is 24.9 Å². The number of imidazole rings is 1. The minimum absolute atomic E-state index is 0.531. The van der Waals surface area contributed by atoms with Crippen LogP contribution in [0.1, 0.15) is 52.1 Å². The molecule has 2 unspecified atom stereocenters. The molecule has 0 bridgehead atoms. The van der Waals surface area contributed by atoms with Crippen molar-refractivity contribution in [2.75, 3.05) is 0 Å². The predicted molar refractivity (Wildman–Crippen MR) is 75.3 cm³/mol. The first-order chi connectivity index (χ1) is 8.65. The van der Waals surface area contributed by atoms with Crippen molar-refractivity contribution in [1.82, 2.24) is 14.9 Å². The fourth-order valence-electron chi connectivity index (χ4n) is 2.97. The van der Waals surface area contributed by atoms with Crippen LogP contribution in [0.15, 0.2) is 12.5 Å². The van der Waals surface area contributed by atoms with Crippen molar-refractivity contribution in [1.29, 1.82) is 0 Å². The number of aromatic nitrogens is 2. The third kappa shape index (κ3) is 3.84. The second kappa shape index (κ2) is 6.37. The van der Waals surface area contributed by atoms with Crippen LogP contribution in [0.3, 0.4) is 0 Å². The van der Waals surface area contributed by atoms with E-state index in [1.165, 1.54) is 31.4 Å². The van der Waals surface area contributed by atoms with Crippen LogP contribution in [0, 0.1) is 11.8 Å². The van der Waals surface area contributed by atoms with Crippen molar-refractivity contribution in [3.63, 3.8) is 0 Å². The Morgan fingerprint density at radius 3 is 3.00 bits per heavy atom. The summed E-state index contributed by atoms with van der Waals surface area (Å²) in [7, 11) is 0. The smallest absolute Gasteiger partial charge is 0.0948 e. The zero-order valence-corrected chi connectivity index (χ0v) is 12.0. The minimum atomic E-state index is 0.531. The second-order valence-electron chi connectivity index (χ2n) is 6.21. The molecule has 1 aromatic heterocycles. The van der Waals surface area contributed by atoms with E-state index < -0.39 is 0 Å². The van der Waals surface area contributed by atoms with Gasteiger partial charge in [0, 0.05) is 25.3 Å². The van der Waals surface area contributed by atoms with Gasteiger partial charge in [0.15, 0.2) is 0 Å². The summed E-state index contributed by atoms with van der Waals surface area (Å²) in [6, 6.07) is 0.531. The maximum atomic E-state index is 4.31. The van der Waals surface area contributed by atoms with Crippen LogP contribution in [0.25, 0.3) is 0 Å². The largest absolute Gasteiger partial charge is 0.333 e. The van der Waals surface area contributed by atoms with Gasteiger partial charge in [-0.3, -0.25) is 0 Å². The van der Waals surface area contributed by atoms with Gasteiger partial charge in [0.25, 0.3) is 0 Å². The van der Waals surface area contributed by atoms with Gasteiger partial charge in [-0.2, -0.15) is 0 Å². The molecule has 2 atom stereocenters. The summed E-state index contributed by atoms with van der Waals surface area (Å²) < 4.78 is 2.35. The fourth-order valence-corrected chi connectivity index (χ4v) is 2.97. The van der Waals surface area contributed by atoms with Crippen LogP contribution in [0.2, 0.25) is 0 Å². The SMILES string of the molecule is CC1CCCC(Cn2cncc2CNC(C)C)C1. The molecule has 2 rings (SSSR count). The monoisotopic (exact) mass is 249 g/mol. The fraction of sp³-hybridized carbons (Fsp3) is 0.800. The maximum Gasteiger partial charge on any atom is 0.0948 e. The second-order valence-corrected chi connectivity index (χ2v) is 6.21. The van der Waals surface area contributed by atoms with Gasteiger partial charge < -0.3 is 9.88 Å². The van der Waals surface area contributed by atoms with Gasteiger partial charge in [0.05, 0.1) is 12.0 Å². The van der Waals surface area contributed by atoms with Gasteiger partial charge in [-0.15, -0.1) is 0 Å². The van der Waals surface area contributed by atoms with Crippen molar-refractivity contribution in [3.8, 4) is 0 Å². The van der Waals surface area contributed by atoms with E-state index in [-0.39, 0.29) is 0 Å². The summed E-state index contributed by atoms with van der Waals surface area (Å²) in [6.45, 7) is 8.84. The lowest BCUT2D eigenvalue weighted by Crippen LogP contribution is -2.25. The van der Waals surface area contributed by atoms with Crippen LogP contribution >= 0.6 is 0 Å². The molecule has 18 heavy (non-hydrogen) atoms. The van der Waals surface area contributed by atoms with Crippen molar-refractivity contribution in [3.05, 3.63) is 18.2 Å². The Hall–Kier alpha value is -0.830. The van der Waals surface area contributed by atoms with E-state index in [1.54, 1.807) is 0 Å². The minimum Gasteiger partial charge on any atom is -0.333 e. The standard InChI is InChI=1S/C15H27N3/c1-12(2)17-9-15-8-16-11-18(15)10-14-6-4-5-13(3)7-14/h8,11-14,17H,4-7,9-10H2,1-3H3. The van der Waals surface area contributed by atoms with Gasteiger partial charge in [-0.25, -0.2) is 4.98 Å². The van der Waals surface area contributed by atoms with Gasteiger partial charge in [-0.05, 0) is 24.7 Å².